The van der Waals surface area contributed by atoms with E-state index in [1.807, 2.05) is 46.1 Å². The molecule has 2 aromatic rings. The van der Waals surface area contributed by atoms with Crippen molar-refractivity contribution < 1.29 is 9.59 Å². The van der Waals surface area contributed by atoms with Crippen molar-refractivity contribution >= 4 is 11.8 Å². The summed E-state index contributed by atoms with van der Waals surface area (Å²) < 4.78 is 1.85. The van der Waals surface area contributed by atoms with Crippen LogP contribution >= 0.6 is 0 Å². The van der Waals surface area contributed by atoms with Crippen LogP contribution in [0.1, 0.15) is 48.0 Å². The highest BCUT2D eigenvalue weighted by Crippen LogP contribution is 2.11. The molecule has 6 nitrogen and oxygen atoms in total. The first-order chi connectivity index (χ1) is 12.7. The van der Waals surface area contributed by atoms with Gasteiger partial charge in [-0.3, -0.25) is 14.3 Å². The Balaban J connectivity index is 1.41. The maximum absolute atomic E-state index is 12.2. The van der Waals surface area contributed by atoms with Crippen molar-refractivity contribution in [3.63, 3.8) is 0 Å². The Morgan fingerprint density at radius 1 is 1.15 bits per heavy atom. The van der Waals surface area contributed by atoms with E-state index < -0.39 is 0 Å². The van der Waals surface area contributed by atoms with E-state index in [1.54, 1.807) is 6.20 Å². The zero-order valence-electron chi connectivity index (χ0n) is 15.1. The molecule has 1 aromatic carbocycles. The number of likely N-dealkylation sites (tertiary alicyclic amines) is 1. The lowest BCUT2D eigenvalue weighted by Gasteiger charge is -2.20. The van der Waals surface area contributed by atoms with Gasteiger partial charge in [-0.05, 0) is 43.0 Å². The highest BCUT2D eigenvalue weighted by Gasteiger charge is 2.15. The van der Waals surface area contributed by atoms with Gasteiger partial charge >= 0.3 is 0 Å². The van der Waals surface area contributed by atoms with Crippen LogP contribution in [-0.2, 0) is 11.3 Å². The first-order valence-electron chi connectivity index (χ1n) is 9.35. The van der Waals surface area contributed by atoms with E-state index in [-0.39, 0.29) is 11.8 Å². The van der Waals surface area contributed by atoms with Crippen LogP contribution in [0.3, 0.4) is 0 Å². The number of nitrogens with zero attached hydrogens (tertiary/aromatic N) is 3. The van der Waals surface area contributed by atoms with E-state index in [1.165, 1.54) is 0 Å². The molecule has 6 heteroatoms. The van der Waals surface area contributed by atoms with Crippen LogP contribution in [0.25, 0.3) is 0 Å². The fraction of sp³-hybridized carbons (Fsp3) is 0.450. The van der Waals surface area contributed by atoms with Crippen LogP contribution in [0.5, 0.6) is 0 Å². The molecule has 0 aliphatic carbocycles. The lowest BCUT2D eigenvalue weighted by molar-refractivity contribution is -0.130. The van der Waals surface area contributed by atoms with Gasteiger partial charge < -0.3 is 10.2 Å². The second kappa shape index (κ2) is 9.17. The molecule has 1 fully saturated rings. The van der Waals surface area contributed by atoms with E-state index in [0.717, 1.165) is 44.3 Å². The number of carbonyl (C=O) groups excluding carboxylic acids is 2. The van der Waals surface area contributed by atoms with Crippen LogP contribution in [0.2, 0.25) is 0 Å². The van der Waals surface area contributed by atoms with Crippen molar-refractivity contribution in [2.24, 2.45) is 0 Å². The summed E-state index contributed by atoms with van der Waals surface area (Å²) in [4.78, 5) is 26.1. The van der Waals surface area contributed by atoms with Gasteiger partial charge in [0.2, 0.25) is 5.91 Å². The van der Waals surface area contributed by atoms with Crippen LogP contribution in [0, 0.1) is 0 Å². The van der Waals surface area contributed by atoms with Crippen molar-refractivity contribution in [2.75, 3.05) is 19.6 Å². The van der Waals surface area contributed by atoms with E-state index >= 15 is 0 Å². The van der Waals surface area contributed by atoms with Gasteiger partial charge in [-0.2, -0.15) is 5.10 Å². The molecule has 0 saturated carbocycles. The molecule has 2 amide bonds. The van der Waals surface area contributed by atoms with Crippen molar-refractivity contribution in [2.45, 2.75) is 38.6 Å². The SMILES string of the molecule is O=C(NCCCN1CCCCCC1=O)c1ccc(Cn2cccn2)cc1. The molecule has 2 heterocycles. The Labute approximate surface area is 154 Å². The van der Waals surface area contributed by atoms with E-state index in [0.29, 0.717) is 25.1 Å². The third-order valence-corrected chi connectivity index (χ3v) is 4.68. The van der Waals surface area contributed by atoms with Crippen LogP contribution in [-0.4, -0.2) is 46.1 Å². The van der Waals surface area contributed by atoms with E-state index in [4.69, 9.17) is 0 Å². The summed E-state index contributed by atoms with van der Waals surface area (Å²) in [6, 6.07) is 9.47. The normalized spacial score (nSPS) is 14.9. The Morgan fingerprint density at radius 2 is 2.00 bits per heavy atom. The molecule has 1 saturated heterocycles. The number of hydrogen-bond donors (Lipinski definition) is 1. The maximum atomic E-state index is 12.2. The average Bonchev–Trinajstić information content (AvgIpc) is 3.07. The van der Waals surface area contributed by atoms with Gasteiger partial charge in [0, 0.05) is 44.0 Å². The van der Waals surface area contributed by atoms with Crippen LogP contribution in [0.4, 0.5) is 0 Å². The highest BCUT2D eigenvalue weighted by atomic mass is 16.2. The van der Waals surface area contributed by atoms with Gasteiger partial charge in [0.1, 0.15) is 0 Å². The molecule has 0 spiro atoms. The second-order valence-electron chi connectivity index (χ2n) is 6.70. The quantitative estimate of drug-likeness (QED) is 0.777. The van der Waals surface area contributed by atoms with E-state index in [9.17, 15) is 9.59 Å². The predicted molar refractivity (Wildman–Crippen MR) is 99.8 cm³/mol. The molecule has 138 valence electrons. The van der Waals surface area contributed by atoms with E-state index in [2.05, 4.69) is 10.4 Å². The Bertz CT molecular complexity index is 710. The smallest absolute Gasteiger partial charge is 0.251 e. The van der Waals surface area contributed by atoms with Gasteiger partial charge in [-0.15, -0.1) is 0 Å². The topological polar surface area (TPSA) is 67.2 Å². The van der Waals surface area contributed by atoms with Gasteiger partial charge in [-0.1, -0.05) is 18.6 Å². The summed E-state index contributed by atoms with van der Waals surface area (Å²) in [6.45, 7) is 2.85. The fourth-order valence-electron chi connectivity index (χ4n) is 3.19. The number of hydrogen-bond acceptors (Lipinski definition) is 3. The van der Waals surface area contributed by atoms with Gasteiger partial charge in [0.25, 0.3) is 5.91 Å². The highest BCUT2D eigenvalue weighted by molar-refractivity contribution is 5.94. The zero-order chi connectivity index (χ0) is 18.2. The third kappa shape index (κ3) is 5.18. The van der Waals surface area contributed by atoms with Gasteiger partial charge in [0.05, 0.1) is 6.54 Å². The zero-order valence-corrected chi connectivity index (χ0v) is 15.1. The lowest BCUT2D eigenvalue weighted by Crippen LogP contribution is -2.34. The molecule has 3 rings (SSSR count). The van der Waals surface area contributed by atoms with Gasteiger partial charge in [0.15, 0.2) is 0 Å². The molecule has 1 aromatic heterocycles. The summed E-state index contributed by atoms with van der Waals surface area (Å²) in [6.07, 6.45) is 8.34. The molecule has 0 radical (unpaired) electrons. The molecule has 1 aliphatic heterocycles. The third-order valence-electron chi connectivity index (χ3n) is 4.68. The Hall–Kier alpha value is -2.63. The second-order valence-corrected chi connectivity index (χ2v) is 6.70. The first-order valence-corrected chi connectivity index (χ1v) is 9.35. The molecular formula is C20H26N4O2. The summed E-state index contributed by atoms with van der Waals surface area (Å²) in [7, 11) is 0. The predicted octanol–water partition coefficient (Wildman–Crippen LogP) is 2.45. The number of nitrogens with one attached hydrogen (secondary N) is 1. The Kier molecular flexibility index (Phi) is 6.41. The maximum Gasteiger partial charge on any atom is 0.251 e. The summed E-state index contributed by atoms with van der Waals surface area (Å²) in [5.41, 5.74) is 1.75. The minimum Gasteiger partial charge on any atom is -0.352 e. The summed E-state index contributed by atoms with van der Waals surface area (Å²) in [5, 5.41) is 7.12. The molecule has 1 aliphatic rings. The Morgan fingerprint density at radius 3 is 2.77 bits per heavy atom. The molecular weight excluding hydrogens is 328 g/mol. The summed E-state index contributed by atoms with van der Waals surface area (Å²) in [5.74, 6) is 0.180. The van der Waals surface area contributed by atoms with Crippen molar-refractivity contribution in [1.29, 1.82) is 0 Å². The lowest BCUT2D eigenvalue weighted by atomic mass is 10.1. The van der Waals surface area contributed by atoms with Crippen molar-refractivity contribution in [3.05, 3.63) is 53.9 Å². The van der Waals surface area contributed by atoms with Crippen LogP contribution < -0.4 is 5.32 Å². The van der Waals surface area contributed by atoms with Crippen molar-refractivity contribution in [1.82, 2.24) is 20.0 Å². The largest absolute Gasteiger partial charge is 0.352 e. The minimum absolute atomic E-state index is 0.0715. The minimum atomic E-state index is -0.0715. The molecule has 0 atom stereocenters. The standard InChI is InChI=1S/C20H26N4O2/c25-19-6-2-1-3-13-23(19)14-4-11-21-20(26)18-9-7-17(8-10-18)16-24-15-5-12-22-24/h5,7-10,12,15H,1-4,6,11,13-14,16H2,(H,21,26). The first kappa shape index (κ1) is 18.2. The monoisotopic (exact) mass is 354 g/mol. The number of benzene rings is 1. The van der Waals surface area contributed by atoms with Gasteiger partial charge in [-0.25, -0.2) is 0 Å². The number of rotatable bonds is 7. The molecule has 0 unspecified atom stereocenters. The number of carbonyl (C=O) groups is 2. The number of amides is 2. The fourth-order valence-corrected chi connectivity index (χ4v) is 3.19. The summed E-state index contributed by atoms with van der Waals surface area (Å²) >= 11 is 0. The molecule has 1 N–H and O–H groups in total. The average molecular weight is 354 g/mol. The number of aromatic nitrogens is 2. The van der Waals surface area contributed by atoms with Crippen molar-refractivity contribution in [3.8, 4) is 0 Å². The molecule has 0 bridgehead atoms. The van der Waals surface area contributed by atoms with Crippen LogP contribution in [0.15, 0.2) is 42.7 Å². The molecule has 26 heavy (non-hydrogen) atoms.